The van der Waals surface area contributed by atoms with E-state index in [-0.39, 0.29) is 11.9 Å². The van der Waals surface area contributed by atoms with Crippen LogP contribution in [0.25, 0.3) is 0 Å². The summed E-state index contributed by atoms with van der Waals surface area (Å²) in [5, 5.41) is 7.53. The van der Waals surface area contributed by atoms with Crippen molar-refractivity contribution in [2.45, 2.75) is 6.42 Å². The highest BCUT2D eigenvalue weighted by Gasteiger charge is 2.11. The lowest BCUT2D eigenvalue weighted by molar-refractivity contribution is 0.147. The van der Waals surface area contributed by atoms with Gasteiger partial charge in [-0.3, -0.25) is 5.41 Å². The molecular weight excluding hydrogens is 170 g/mol. The minimum atomic E-state index is -0.0739. The summed E-state index contributed by atoms with van der Waals surface area (Å²) in [6.45, 7) is 2.82. The summed E-state index contributed by atoms with van der Waals surface area (Å²) in [4.78, 5) is 5.47. The van der Waals surface area contributed by atoms with Crippen molar-refractivity contribution in [1.82, 2.24) is 4.90 Å². The van der Waals surface area contributed by atoms with E-state index < -0.39 is 0 Å². The van der Waals surface area contributed by atoms with E-state index in [0.29, 0.717) is 13.2 Å². The Balaban J connectivity index is 2.49. The minimum Gasteiger partial charge on any atom is -0.380 e. The maximum absolute atomic E-state index is 7.53. The molecule has 6 nitrogen and oxygen atoms in total. The molecule has 0 saturated carbocycles. The predicted octanol–water partition coefficient (Wildman–Crippen LogP) is -1.08. The Morgan fingerprint density at radius 3 is 2.77 bits per heavy atom. The maximum Gasteiger partial charge on any atom is 0.221 e. The van der Waals surface area contributed by atoms with Gasteiger partial charge in [0.1, 0.15) is 0 Å². The van der Waals surface area contributed by atoms with Crippen molar-refractivity contribution in [2.24, 2.45) is 16.5 Å². The van der Waals surface area contributed by atoms with E-state index >= 15 is 0 Å². The van der Waals surface area contributed by atoms with Crippen LogP contribution in [0.5, 0.6) is 0 Å². The highest BCUT2D eigenvalue weighted by atomic mass is 16.5. The molecule has 6 heteroatoms. The Hall–Kier alpha value is -1.30. The Morgan fingerprint density at radius 1 is 1.31 bits per heavy atom. The number of guanidine groups is 2. The van der Waals surface area contributed by atoms with Gasteiger partial charge in [0.2, 0.25) is 5.96 Å². The molecule has 1 heterocycles. The van der Waals surface area contributed by atoms with Crippen LogP contribution in [-0.4, -0.2) is 43.1 Å². The standard InChI is InChI=1S/C7H15N5O/c8-6(9)11-7(10)12-2-1-4-13-5-3-12/h1-5H2,(H5,8,9,10,11). The Kier molecular flexibility index (Phi) is 3.51. The number of hydrogen-bond donors (Lipinski definition) is 3. The second-order valence-electron chi connectivity index (χ2n) is 2.81. The van der Waals surface area contributed by atoms with Gasteiger partial charge in [-0.2, -0.15) is 4.99 Å². The summed E-state index contributed by atoms with van der Waals surface area (Å²) in [7, 11) is 0. The molecule has 0 aromatic carbocycles. The summed E-state index contributed by atoms with van der Waals surface area (Å²) in [6.07, 6.45) is 0.905. The van der Waals surface area contributed by atoms with Gasteiger partial charge in [0, 0.05) is 19.7 Å². The van der Waals surface area contributed by atoms with E-state index in [0.717, 1.165) is 19.6 Å². The molecule has 0 aromatic heterocycles. The molecular formula is C7H15N5O. The van der Waals surface area contributed by atoms with Gasteiger partial charge >= 0.3 is 0 Å². The lowest BCUT2D eigenvalue weighted by atomic mass is 10.4. The summed E-state index contributed by atoms with van der Waals surface area (Å²) >= 11 is 0. The zero-order valence-electron chi connectivity index (χ0n) is 7.49. The first-order chi connectivity index (χ1) is 6.20. The van der Waals surface area contributed by atoms with Crippen LogP contribution < -0.4 is 11.5 Å². The number of hydrogen-bond acceptors (Lipinski definition) is 2. The third kappa shape index (κ3) is 3.29. The van der Waals surface area contributed by atoms with Gasteiger partial charge in [-0.1, -0.05) is 0 Å². The van der Waals surface area contributed by atoms with E-state index in [9.17, 15) is 0 Å². The Bertz CT molecular complexity index is 203. The molecule has 0 spiro atoms. The highest BCUT2D eigenvalue weighted by Crippen LogP contribution is 1.99. The van der Waals surface area contributed by atoms with Crippen molar-refractivity contribution in [3.63, 3.8) is 0 Å². The lowest BCUT2D eigenvalue weighted by Crippen LogP contribution is -2.34. The average Bonchev–Trinajstić information content (AvgIpc) is 2.29. The number of nitrogens with two attached hydrogens (primary N) is 2. The quantitative estimate of drug-likeness (QED) is 0.330. The first-order valence-electron chi connectivity index (χ1n) is 4.21. The number of nitrogens with zero attached hydrogens (tertiary/aromatic N) is 2. The molecule has 0 bridgehead atoms. The molecule has 1 aliphatic heterocycles. The van der Waals surface area contributed by atoms with Crippen molar-refractivity contribution >= 4 is 11.9 Å². The number of nitrogens with one attached hydrogen (secondary N) is 1. The molecule has 1 rings (SSSR count). The van der Waals surface area contributed by atoms with Gasteiger partial charge in [-0.25, -0.2) is 0 Å². The van der Waals surface area contributed by atoms with Crippen LogP contribution in [-0.2, 0) is 4.74 Å². The SMILES string of the molecule is N=C(N=C(N)N)N1CCCOCC1. The molecule has 0 atom stereocenters. The highest BCUT2D eigenvalue weighted by molar-refractivity contribution is 5.91. The summed E-state index contributed by atoms with van der Waals surface area (Å²) < 4.78 is 5.23. The number of rotatable bonds is 0. The van der Waals surface area contributed by atoms with Crippen LogP contribution in [0.4, 0.5) is 0 Å². The van der Waals surface area contributed by atoms with Crippen LogP contribution in [0, 0.1) is 5.41 Å². The van der Waals surface area contributed by atoms with Gasteiger partial charge in [-0.05, 0) is 6.42 Å². The molecule has 0 aliphatic carbocycles. The zero-order chi connectivity index (χ0) is 9.68. The first kappa shape index (κ1) is 9.79. The molecule has 1 saturated heterocycles. The molecule has 0 unspecified atom stereocenters. The predicted molar refractivity (Wildman–Crippen MR) is 50.5 cm³/mol. The van der Waals surface area contributed by atoms with Gasteiger partial charge < -0.3 is 21.1 Å². The smallest absolute Gasteiger partial charge is 0.221 e. The van der Waals surface area contributed by atoms with Crippen LogP contribution in [0.3, 0.4) is 0 Å². The van der Waals surface area contributed by atoms with E-state index in [1.165, 1.54) is 0 Å². The van der Waals surface area contributed by atoms with Crippen molar-refractivity contribution in [1.29, 1.82) is 5.41 Å². The van der Waals surface area contributed by atoms with Gasteiger partial charge in [0.15, 0.2) is 5.96 Å². The van der Waals surface area contributed by atoms with Gasteiger partial charge in [-0.15, -0.1) is 0 Å². The molecule has 0 aromatic rings. The third-order valence-electron chi connectivity index (χ3n) is 1.76. The molecule has 1 fully saturated rings. The normalized spacial score (nSPS) is 17.7. The minimum absolute atomic E-state index is 0.0739. The fraction of sp³-hybridized carbons (Fsp3) is 0.714. The Labute approximate surface area is 77.1 Å². The summed E-state index contributed by atoms with van der Waals surface area (Å²) in [5.74, 6) is 0.0423. The largest absolute Gasteiger partial charge is 0.380 e. The van der Waals surface area contributed by atoms with E-state index in [2.05, 4.69) is 4.99 Å². The molecule has 74 valence electrons. The number of aliphatic imine (C=N–C) groups is 1. The topological polar surface area (TPSA) is 101 Å². The molecule has 0 amide bonds. The Morgan fingerprint density at radius 2 is 2.08 bits per heavy atom. The maximum atomic E-state index is 7.53. The van der Waals surface area contributed by atoms with Crippen LogP contribution >= 0.6 is 0 Å². The van der Waals surface area contributed by atoms with Gasteiger partial charge in [0.25, 0.3) is 0 Å². The fourth-order valence-corrected chi connectivity index (χ4v) is 1.15. The molecule has 1 aliphatic rings. The average molecular weight is 185 g/mol. The second kappa shape index (κ2) is 4.66. The number of ether oxygens (including phenoxy) is 1. The first-order valence-corrected chi connectivity index (χ1v) is 4.21. The van der Waals surface area contributed by atoms with Crippen LogP contribution in [0.15, 0.2) is 4.99 Å². The van der Waals surface area contributed by atoms with Crippen LogP contribution in [0.2, 0.25) is 0 Å². The van der Waals surface area contributed by atoms with Crippen molar-refractivity contribution in [3.8, 4) is 0 Å². The zero-order valence-corrected chi connectivity index (χ0v) is 7.49. The van der Waals surface area contributed by atoms with Crippen molar-refractivity contribution < 1.29 is 4.74 Å². The second-order valence-corrected chi connectivity index (χ2v) is 2.81. The lowest BCUT2D eigenvalue weighted by Gasteiger charge is -2.18. The third-order valence-corrected chi connectivity index (χ3v) is 1.76. The van der Waals surface area contributed by atoms with E-state index in [1.54, 1.807) is 4.90 Å². The van der Waals surface area contributed by atoms with Gasteiger partial charge in [0.05, 0.1) is 6.61 Å². The van der Waals surface area contributed by atoms with Crippen LogP contribution in [0.1, 0.15) is 6.42 Å². The monoisotopic (exact) mass is 185 g/mol. The molecule has 0 radical (unpaired) electrons. The van der Waals surface area contributed by atoms with E-state index in [4.69, 9.17) is 21.6 Å². The van der Waals surface area contributed by atoms with E-state index in [1.807, 2.05) is 0 Å². The summed E-state index contributed by atoms with van der Waals surface area (Å²) in [5.41, 5.74) is 10.3. The summed E-state index contributed by atoms with van der Waals surface area (Å²) in [6, 6.07) is 0. The molecule has 13 heavy (non-hydrogen) atoms. The van der Waals surface area contributed by atoms with Crippen molar-refractivity contribution in [2.75, 3.05) is 26.3 Å². The fourth-order valence-electron chi connectivity index (χ4n) is 1.15. The van der Waals surface area contributed by atoms with Crippen molar-refractivity contribution in [3.05, 3.63) is 0 Å². The molecule has 5 N–H and O–H groups in total.